The molecule has 16 heteroatoms. The third kappa shape index (κ3) is 19.6. The Labute approximate surface area is 339 Å². The van der Waals surface area contributed by atoms with Crippen LogP contribution in [0.2, 0.25) is 0 Å². The van der Waals surface area contributed by atoms with Crippen LogP contribution in [0.4, 0.5) is 35.9 Å². The third-order valence-electron chi connectivity index (χ3n) is 7.81. The van der Waals surface area contributed by atoms with Gasteiger partial charge in [0.2, 0.25) is 5.91 Å². The van der Waals surface area contributed by atoms with Crippen molar-refractivity contribution in [1.29, 1.82) is 0 Å². The number of ether oxygens (including phenoxy) is 3. The summed E-state index contributed by atoms with van der Waals surface area (Å²) >= 11 is 2.00. The molecule has 2 fully saturated rings. The minimum atomic E-state index is -4.43. The molecule has 2 atom stereocenters. The molecule has 316 valence electrons. The van der Waals surface area contributed by atoms with Crippen molar-refractivity contribution in [3.63, 3.8) is 0 Å². The van der Waals surface area contributed by atoms with Crippen LogP contribution in [0, 0.1) is 17.4 Å². The van der Waals surface area contributed by atoms with E-state index >= 15 is 0 Å². The van der Waals surface area contributed by atoms with E-state index in [0.717, 1.165) is 47.5 Å². The molecular weight excluding hydrogens is 861 g/mol. The number of carbonyl (C=O) groups is 4. The number of likely N-dealkylation sites (tertiary alicyclic amines) is 1. The van der Waals surface area contributed by atoms with Gasteiger partial charge in [0.15, 0.2) is 5.78 Å². The van der Waals surface area contributed by atoms with E-state index in [2.05, 4.69) is 5.32 Å². The first-order valence-electron chi connectivity index (χ1n) is 18.2. The Morgan fingerprint density at radius 2 is 1.36 bits per heavy atom. The van der Waals surface area contributed by atoms with Crippen LogP contribution in [0.5, 0.6) is 0 Å². The monoisotopic (exact) mass is 916 g/mol. The van der Waals surface area contributed by atoms with Gasteiger partial charge in [-0.1, -0.05) is 6.07 Å². The molecule has 0 spiro atoms. The van der Waals surface area contributed by atoms with Gasteiger partial charge in [0, 0.05) is 47.3 Å². The number of amides is 3. The number of rotatable bonds is 5. The number of benzene rings is 2. The van der Waals surface area contributed by atoms with Crippen molar-refractivity contribution in [2.75, 3.05) is 13.2 Å². The number of aryl methyl sites for hydroxylation is 2. The number of alkyl carbamates (subject to hydrolysis) is 1. The van der Waals surface area contributed by atoms with Gasteiger partial charge in [-0.15, -0.1) is 0 Å². The van der Waals surface area contributed by atoms with Crippen molar-refractivity contribution >= 4 is 46.5 Å². The summed E-state index contributed by atoms with van der Waals surface area (Å²) in [7, 11) is 0. The first-order valence-corrected chi connectivity index (χ1v) is 19.3. The Morgan fingerprint density at radius 1 is 0.857 bits per heavy atom. The quantitative estimate of drug-likeness (QED) is 0.181. The lowest BCUT2D eigenvalue weighted by Crippen LogP contribution is -2.41. The predicted molar refractivity (Wildman–Crippen MR) is 209 cm³/mol. The normalized spacial score (nSPS) is 16.3. The van der Waals surface area contributed by atoms with Gasteiger partial charge in [-0.2, -0.15) is 26.3 Å². The number of ketones is 1. The minimum absolute atomic E-state index is 0.0302. The number of carbonyl (C=O) groups excluding carboxylic acids is 4. The van der Waals surface area contributed by atoms with E-state index < -0.39 is 46.9 Å². The lowest BCUT2D eigenvalue weighted by atomic mass is 9.98. The molecule has 0 radical (unpaired) electrons. The molecule has 9 nitrogen and oxygen atoms in total. The molecule has 0 aliphatic carbocycles. The van der Waals surface area contributed by atoms with Gasteiger partial charge < -0.3 is 19.5 Å². The van der Waals surface area contributed by atoms with Crippen LogP contribution in [0.3, 0.4) is 0 Å². The molecule has 0 bridgehead atoms. The molecule has 56 heavy (non-hydrogen) atoms. The Balaban J connectivity index is 0.000000423. The average molecular weight is 917 g/mol. The summed E-state index contributed by atoms with van der Waals surface area (Å²) in [6, 6.07) is 6.46. The Morgan fingerprint density at radius 3 is 1.75 bits per heavy atom. The largest absolute Gasteiger partial charge is 0.444 e. The molecule has 2 aliphatic heterocycles. The first kappa shape index (κ1) is 50.6. The van der Waals surface area contributed by atoms with Crippen LogP contribution in [0.1, 0.15) is 127 Å². The molecule has 2 aromatic rings. The molecule has 4 rings (SSSR count). The highest BCUT2D eigenvalue weighted by Gasteiger charge is 2.36. The SMILES string of the molecule is C1CCOC1.CC1CCC(=O)N1C(=O)OC(C)(C)C.Cc1cc(C(F)(F)F)ccc1C(=O)CCC(C)NC(=O)OC(C)(C)C.Cc1cc(C(F)(F)F)ccc1I. The lowest BCUT2D eigenvalue weighted by Gasteiger charge is -2.25. The van der Waals surface area contributed by atoms with E-state index in [-0.39, 0.29) is 41.3 Å². The molecular formula is C40H55F6IN2O7. The summed E-state index contributed by atoms with van der Waals surface area (Å²) in [5.41, 5.74) is -1.31. The summed E-state index contributed by atoms with van der Waals surface area (Å²) in [5.74, 6) is -0.393. The summed E-state index contributed by atoms with van der Waals surface area (Å²) < 4.78 is 90.3. The Kier molecular flexibility index (Phi) is 19.8. The van der Waals surface area contributed by atoms with Crippen molar-refractivity contribution in [1.82, 2.24) is 10.2 Å². The molecule has 2 saturated heterocycles. The number of nitrogens with zero attached hydrogens (tertiary/aromatic N) is 1. The maximum absolute atomic E-state index is 12.7. The van der Waals surface area contributed by atoms with Crippen LogP contribution in [0.25, 0.3) is 0 Å². The van der Waals surface area contributed by atoms with E-state index in [9.17, 15) is 45.5 Å². The number of Topliss-reactive ketones (excluding diaryl/α,β-unsaturated/α-hetero) is 1. The standard InChI is InChI=1S/C18H24F3NO3.C10H17NO3.C8H6F3I.C4H8O/c1-11-10-13(18(19,20)21)7-8-14(11)15(23)9-6-12(2)22-16(24)25-17(3,4)5;1-7-5-6-8(12)11(7)9(13)14-10(2,3)4;1-5-4-6(8(9,10)11)2-3-7(5)12;1-2-4-5-3-1/h7-8,10,12H,6,9H2,1-5H3,(H,22,24);7H,5-6H2,1-4H3;2-4H,1H3;1-4H2. The zero-order valence-corrected chi connectivity index (χ0v) is 35.9. The zero-order valence-electron chi connectivity index (χ0n) is 33.7. The highest BCUT2D eigenvalue weighted by atomic mass is 127. The van der Waals surface area contributed by atoms with Gasteiger partial charge in [-0.05, 0) is 159 Å². The van der Waals surface area contributed by atoms with Crippen molar-refractivity contribution in [3.05, 3.63) is 67.8 Å². The molecule has 0 aromatic heterocycles. The lowest BCUT2D eigenvalue weighted by molar-refractivity contribution is -0.138. The Hall–Kier alpha value is -3.41. The molecule has 3 amide bonds. The van der Waals surface area contributed by atoms with Gasteiger partial charge in [0.05, 0.1) is 11.1 Å². The van der Waals surface area contributed by atoms with Crippen molar-refractivity contribution in [3.8, 4) is 0 Å². The zero-order chi connectivity index (χ0) is 43.2. The second kappa shape index (κ2) is 21.9. The van der Waals surface area contributed by atoms with E-state index in [1.807, 2.05) is 29.5 Å². The number of hydrogen-bond acceptors (Lipinski definition) is 7. The fourth-order valence-corrected chi connectivity index (χ4v) is 5.30. The van der Waals surface area contributed by atoms with E-state index in [1.165, 1.54) is 36.8 Å². The van der Waals surface area contributed by atoms with Gasteiger partial charge in [0.25, 0.3) is 0 Å². The Bertz CT molecular complexity index is 1610. The summed E-state index contributed by atoms with van der Waals surface area (Å²) in [6.07, 6.45) is -5.54. The fourth-order valence-electron chi connectivity index (χ4n) is 4.97. The predicted octanol–water partition coefficient (Wildman–Crippen LogP) is 11.2. The summed E-state index contributed by atoms with van der Waals surface area (Å²) in [6.45, 7) is 19.3. The smallest absolute Gasteiger partial charge is 0.417 e. The maximum Gasteiger partial charge on any atom is 0.417 e. The third-order valence-corrected chi connectivity index (χ3v) is 9.02. The average Bonchev–Trinajstić information content (AvgIpc) is 3.72. The number of alkyl halides is 6. The van der Waals surface area contributed by atoms with Crippen molar-refractivity contribution in [2.24, 2.45) is 0 Å². The number of imide groups is 1. The maximum atomic E-state index is 12.7. The molecule has 2 aromatic carbocycles. The minimum Gasteiger partial charge on any atom is -0.444 e. The van der Waals surface area contributed by atoms with Crippen LogP contribution >= 0.6 is 22.6 Å². The highest BCUT2D eigenvalue weighted by Crippen LogP contribution is 2.32. The molecule has 2 unspecified atom stereocenters. The van der Waals surface area contributed by atoms with E-state index in [0.29, 0.717) is 18.4 Å². The molecule has 2 aliphatic rings. The van der Waals surface area contributed by atoms with Gasteiger partial charge in [-0.25, -0.2) is 14.5 Å². The second-order valence-electron chi connectivity index (χ2n) is 15.4. The second-order valence-corrected chi connectivity index (χ2v) is 16.6. The van der Waals surface area contributed by atoms with Crippen molar-refractivity contribution in [2.45, 2.75) is 143 Å². The molecule has 2 heterocycles. The van der Waals surface area contributed by atoms with E-state index in [4.69, 9.17) is 14.2 Å². The van der Waals surface area contributed by atoms with Gasteiger partial charge in [-0.3, -0.25) is 9.59 Å². The number of halogens is 7. The van der Waals surface area contributed by atoms with Gasteiger partial charge in [0.1, 0.15) is 11.2 Å². The molecule has 1 N–H and O–H groups in total. The topological polar surface area (TPSA) is 111 Å². The highest BCUT2D eigenvalue weighted by molar-refractivity contribution is 14.1. The fraction of sp³-hybridized carbons (Fsp3) is 0.600. The summed E-state index contributed by atoms with van der Waals surface area (Å²) in [4.78, 5) is 48.0. The van der Waals surface area contributed by atoms with E-state index in [1.54, 1.807) is 55.4 Å². The van der Waals surface area contributed by atoms with Crippen molar-refractivity contribution < 1.29 is 59.7 Å². The number of nitrogens with one attached hydrogen (secondary N) is 1. The van der Waals surface area contributed by atoms with Crippen LogP contribution in [0.15, 0.2) is 36.4 Å². The number of hydrogen-bond donors (Lipinski definition) is 1. The van der Waals surface area contributed by atoms with Crippen LogP contribution < -0.4 is 5.32 Å². The van der Waals surface area contributed by atoms with Crippen LogP contribution in [-0.2, 0) is 31.4 Å². The van der Waals surface area contributed by atoms with Gasteiger partial charge >= 0.3 is 24.5 Å². The summed E-state index contributed by atoms with van der Waals surface area (Å²) in [5, 5.41) is 2.62. The first-order chi connectivity index (χ1) is 25.5. The van der Waals surface area contributed by atoms with Crippen LogP contribution in [-0.4, -0.2) is 65.3 Å². The molecule has 0 saturated carbocycles.